The van der Waals surface area contributed by atoms with Gasteiger partial charge in [-0.1, -0.05) is 66.8 Å². The number of rotatable bonds is 3. The molecule has 0 radical (unpaired) electrons. The Hall–Kier alpha value is -2.71. The lowest BCUT2D eigenvalue weighted by Crippen LogP contribution is -1.97. The third kappa shape index (κ3) is 2.58. The third-order valence-electron chi connectivity index (χ3n) is 4.31. The van der Waals surface area contributed by atoms with Crippen molar-refractivity contribution in [2.24, 2.45) is 5.73 Å². The molecule has 0 saturated heterocycles. The van der Waals surface area contributed by atoms with Gasteiger partial charge in [-0.2, -0.15) is 0 Å². The lowest BCUT2D eigenvalue weighted by atomic mass is 9.98. The fourth-order valence-electron chi connectivity index (χ4n) is 3.08. The van der Waals surface area contributed by atoms with Gasteiger partial charge in [-0.05, 0) is 23.3 Å². The minimum absolute atomic E-state index is 0.280. The molecule has 1 aliphatic carbocycles. The number of benzene rings is 2. The molecule has 0 fully saturated rings. The third-order valence-corrected chi connectivity index (χ3v) is 4.31. The Morgan fingerprint density at radius 1 is 0.913 bits per heavy atom. The Labute approximate surface area is 136 Å². The van der Waals surface area contributed by atoms with Crippen LogP contribution in [0.1, 0.15) is 17.2 Å². The van der Waals surface area contributed by atoms with Crippen LogP contribution in [0.15, 0.2) is 78.9 Å². The summed E-state index contributed by atoms with van der Waals surface area (Å²) < 4.78 is 0. The van der Waals surface area contributed by atoms with Crippen LogP contribution < -0.4 is 5.73 Å². The van der Waals surface area contributed by atoms with E-state index >= 15 is 0 Å². The van der Waals surface area contributed by atoms with Gasteiger partial charge in [0.1, 0.15) is 0 Å². The summed E-state index contributed by atoms with van der Waals surface area (Å²) in [5.74, 6) is 0.280. The fraction of sp³-hybridized carbons (Fsp3) is 0.0952. The first-order chi connectivity index (χ1) is 11.3. The van der Waals surface area contributed by atoms with Crippen molar-refractivity contribution >= 4 is 10.9 Å². The second-order valence-corrected chi connectivity index (χ2v) is 5.81. The maximum Gasteiger partial charge on any atom is 0.0784 e. The topological polar surface area (TPSA) is 38.9 Å². The van der Waals surface area contributed by atoms with Crippen molar-refractivity contribution in [2.75, 3.05) is 0 Å². The molecule has 0 aliphatic heterocycles. The predicted octanol–water partition coefficient (Wildman–Crippen LogP) is 4.57. The minimum atomic E-state index is 0.280. The molecule has 0 amide bonds. The zero-order chi connectivity index (χ0) is 15.6. The van der Waals surface area contributed by atoms with E-state index in [0.717, 1.165) is 27.7 Å². The average molecular weight is 298 g/mol. The first kappa shape index (κ1) is 13.9. The molecule has 4 rings (SSSR count). The first-order valence-corrected chi connectivity index (χ1v) is 7.89. The van der Waals surface area contributed by atoms with Gasteiger partial charge in [0, 0.05) is 23.4 Å². The van der Waals surface area contributed by atoms with E-state index in [-0.39, 0.29) is 5.92 Å². The Morgan fingerprint density at radius 3 is 2.57 bits per heavy atom. The highest BCUT2D eigenvalue weighted by Gasteiger charge is 2.11. The number of nitrogens with zero attached hydrogens (tertiary/aromatic N) is 1. The molecule has 2 N–H and O–H groups in total. The van der Waals surface area contributed by atoms with Crippen molar-refractivity contribution in [3.05, 3.63) is 90.2 Å². The molecule has 1 aromatic heterocycles. The number of hydrogen-bond donors (Lipinski definition) is 1. The Kier molecular flexibility index (Phi) is 3.52. The smallest absolute Gasteiger partial charge is 0.0784 e. The molecule has 2 heteroatoms. The number of hydrogen-bond acceptors (Lipinski definition) is 2. The number of fused-ring (bicyclic) bond motifs is 1. The van der Waals surface area contributed by atoms with Crippen LogP contribution in [-0.2, 0) is 6.54 Å². The van der Waals surface area contributed by atoms with Crippen LogP contribution in [0.4, 0.5) is 0 Å². The van der Waals surface area contributed by atoms with Crippen molar-refractivity contribution in [1.82, 2.24) is 4.98 Å². The molecule has 1 heterocycles. The summed E-state index contributed by atoms with van der Waals surface area (Å²) in [6.45, 7) is 0.551. The molecule has 2 nitrogen and oxygen atoms in total. The van der Waals surface area contributed by atoms with Gasteiger partial charge >= 0.3 is 0 Å². The summed E-state index contributed by atoms with van der Waals surface area (Å²) in [7, 11) is 0. The molecule has 23 heavy (non-hydrogen) atoms. The molecular formula is C21H18N2. The zero-order valence-electron chi connectivity index (χ0n) is 12.8. The quantitative estimate of drug-likeness (QED) is 0.769. The van der Waals surface area contributed by atoms with Gasteiger partial charge in [-0.3, -0.25) is 4.98 Å². The van der Waals surface area contributed by atoms with Crippen molar-refractivity contribution in [2.45, 2.75) is 12.5 Å². The maximum absolute atomic E-state index is 5.79. The van der Waals surface area contributed by atoms with Gasteiger partial charge in [-0.25, -0.2) is 0 Å². The molecule has 0 unspecified atom stereocenters. The summed E-state index contributed by atoms with van der Waals surface area (Å²) in [5.41, 5.74) is 11.4. The summed E-state index contributed by atoms with van der Waals surface area (Å²) >= 11 is 0. The van der Waals surface area contributed by atoms with Gasteiger partial charge < -0.3 is 5.73 Å². The number of pyridine rings is 1. The molecule has 0 atom stereocenters. The number of allylic oxidation sites excluding steroid dienone is 4. The lowest BCUT2D eigenvalue weighted by Gasteiger charge is -2.11. The van der Waals surface area contributed by atoms with Crippen LogP contribution in [-0.4, -0.2) is 4.98 Å². The molecule has 1 aliphatic rings. The summed E-state index contributed by atoms with van der Waals surface area (Å²) in [5, 5.41) is 1.16. The summed E-state index contributed by atoms with van der Waals surface area (Å²) in [4.78, 5) is 4.96. The van der Waals surface area contributed by atoms with Crippen LogP contribution in [0.2, 0.25) is 0 Å². The highest BCUT2D eigenvalue weighted by molar-refractivity contribution is 5.93. The molecular weight excluding hydrogens is 280 g/mol. The van der Waals surface area contributed by atoms with Crippen LogP contribution >= 0.6 is 0 Å². The minimum Gasteiger partial charge on any atom is -0.326 e. The number of aromatic nitrogens is 1. The van der Waals surface area contributed by atoms with Crippen molar-refractivity contribution in [1.29, 1.82) is 0 Å². The first-order valence-electron chi connectivity index (χ1n) is 7.89. The van der Waals surface area contributed by atoms with Crippen LogP contribution in [0.3, 0.4) is 0 Å². The van der Waals surface area contributed by atoms with Gasteiger partial charge in [-0.15, -0.1) is 0 Å². The molecule has 2 aromatic carbocycles. The zero-order valence-corrected chi connectivity index (χ0v) is 12.8. The van der Waals surface area contributed by atoms with Crippen LogP contribution in [0, 0.1) is 0 Å². The van der Waals surface area contributed by atoms with E-state index in [1.807, 2.05) is 0 Å². The van der Waals surface area contributed by atoms with E-state index in [1.54, 1.807) is 0 Å². The standard InChI is InChI=1S/C21H18N2/c22-14-15-5-3-9-18(13-15)19-10-4-8-17-11-12-20(23-21(17)19)16-6-1-2-7-16/h1-13,16H,14,22H2. The second kappa shape index (κ2) is 5.82. The SMILES string of the molecule is NCc1cccc(-c2cccc3ccc(C4C=CC=C4)nc23)c1. The maximum atomic E-state index is 5.79. The number of para-hydroxylation sites is 1. The monoisotopic (exact) mass is 298 g/mol. The molecule has 0 bridgehead atoms. The van der Waals surface area contributed by atoms with E-state index in [1.165, 1.54) is 5.56 Å². The largest absolute Gasteiger partial charge is 0.326 e. The fourth-order valence-corrected chi connectivity index (χ4v) is 3.08. The van der Waals surface area contributed by atoms with Gasteiger partial charge in [0.2, 0.25) is 0 Å². The Morgan fingerprint density at radius 2 is 1.74 bits per heavy atom. The van der Waals surface area contributed by atoms with E-state index in [4.69, 9.17) is 10.7 Å². The van der Waals surface area contributed by atoms with E-state index in [0.29, 0.717) is 6.54 Å². The molecule has 3 aromatic rings. The molecule has 112 valence electrons. The van der Waals surface area contributed by atoms with E-state index in [2.05, 4.69) is 78.9 Å². The Bertz CT molecular complexity index is 910. The van der Waals surface area contributed by atoms with Gasteiger partial charge in [0.05, 0.1) is 11.2 Å². The normalized spacial score (nSPS) is 14.0. The summed E-state index contributed by atoms with van der Waals surface area (Å²) in [6.07, 6.45) is 8.50. The second-order valence-electron chi connectivity index (χ2n) is 5.81. The Balaban J connectivity index is 1.89. The summed E-state index contributed by atoms with van der Waals surface area (Å²) in [6, 6.07) is 19.0. The van der Waals surface area contributed by atoms with Gasteiger partial charge in [0.15, 0.2) is 0 Å². The number of nitrogens with two attached hydrogens (primary N) is 1. The highest BCUT2D eigenvalue weighted by Crippen LogP contribution is 2.30. The average Bonchev–Trinajstić information content (AvgIpc) is 3.15. The highest BCUT2D eigenvalue weighted by atomic mass is 14.7. The lowest BCUT2D eigenvalue weighted by molar-refractivity contribution is 1.03. The molecule has 0 spiro atoms. The van der Waals surface area contributed by atoms with E-state index < -0.39 is 0 Å². The van der Waals surface area contributed by atoms with Gasteiger partial charge in [0.25, 0.3) is 0 Å². The molecule has 0 saturated carbocycles. The van der Waals surface area contributed by atoms with Crippen molar-refractivity contribution in [3.8, 4) is 11.1 Å². The van der Waals surface area contributed by atoms with Crippen molar-refractivity contribution < 1.29 is 0 Å². The van der Waals surface area contributed by atoms with Crippen LogP contribution in [0.25, 0.3) is 22.0 Å². The van der Waals surface area contributed by atoms with Crippen molar-refractivity contribution in [3.63, 3.8) is 0 Å². The van der Waals surface area contributed by atoms with E-state index in [9.17, 15) is 0 Å². The van der Waals surface area contributed by atoms with Crippen LogP contribution in [0.5, 0.6) is 0 Å². The predicted molar refractivity (Wildman–Crippen MR) is 96.1 cm³/mol.